The Morgan fingerprint density at radius 2 is 1.67 bits per heavy atom. The molecule has 0 aliphatic rings. The number of nitrogens with zero attached hydrogens (tertiary/aromatic N) is 2. The van der Waals surface area contributed by atoms with Gasteiger partial charge in [0.2, 0.25) is 5.91 Å². The smallest absolute Gasteiger partial charge is 0.445 e. The van der Waals surface area contributed by atoms with Crippen molar-refractivity contribution in [2.45, 2.75) is 38.0 Å². The van der Waals surface area contributed by atoms with Gasteiger partial charge in [-0.15, -0.1) is 0 Å². The number of hydrogen-bond donors (Lipinski definition) is 4. The first-order valence-corrected chi connectivity index (χ1v) is 10.9. The number of hydrogen-bond acceptors (Lipinski definition) is 7. The van der Waals surface area contributed by atoms with Crippen LogP contribution in [0.3, 0.4) is 0 Å². The van der Waals surface area contributed by atoms with Crippen molar-refractivity contribution in [3.8, 4) is 0 Å². The van der Waals surface area contributed by atoms with Crippen LogP contribution in [-0.2, 0) is 27.4 Å². The van der Waals surface area contributed by atoms with Crippen LogP contribution in [0, 0.1) is 15.9 Å². The van der Waals surface area contributed by atoms with Crippen LogP contribution in [0.1, 0.15) is 24.0 Å². The third-order valence-corrected chi connectivity index (χ3v) is 4.91. The highest BCUT2D eigenvalue weighted by atomic mass is 19.1. The van der Waals surface area contributed by atoms with Crippen molar-refractivity contribution in [3.05, 3.63) is 81.7 Å². The average molecular weight is 503 g/mol. The van der Waals surface area contributed by atoms with Crippen LogP contribution in [0.25, 0.3) is 0 Å². The summed E-state index contributed by atoms with van der Waals surface area (Å²) in [5.41, 5.74) is 11.7. The molecule has 2 aromatic carbocycles. The summed E-state index contributed by atoms with van der Waals surface area (Å²) >= 11 is 0. The fourth-order valence-electron chi connectivity index (χ4n) is 3.13. The minimum Gasteiger partial charge on any atom is -0.445 e. The molecule has 0 aliphatic heterocycles. The molecule has 0 bridgehead atoms. The monoisotopic (exact) mass is 502 g/mol. The maximum Gasteiger partial charge on any atom is 0.466 e. The third-order valence-electron chi connectivity index (χ3n) is 4.91. The van der Waals surface area contributed by atoms with Gasteiger partial charge < -0.3 is 26.8 Å². The molecule has 0 saturated carbocycles. The number of rotatable bonds is 12. The molecule has 0 spiro atoms. The number of alkyl carbamates (subject to hydrolysis) is 1. The number of nitro groups is 1. The Hall–Kier alpha value is -4.55. The maximum absolute atomic E-state index is 13.0. The summed E-state index contributed by atoms with van der Waals surface area (Å²) in [6, 6.07) is 11.3. The van der Waals surface area contributed by atoms with Crippen LogP contribution in [0.4, 0.5) is 9.18 Å². The van der Waals surface area contributed by atoms with Crippen molar-refractivity contribution in [1.29, 1.82) is 0 Å². The van der Waals surface area contributed by atoms with Crippen LogP contribution in [0.2, 0.25) is 0 Å². The molecule has 0 radical (unpaired) electrons. The number of carbonyl (C=O) groups excluding carboxylic acids is 3. The fourth-order valence-corrected chi connectivity index (χ4v) is 3.13. The number of ether oxygens (including phenoxy) is 1. The Bertz CT molecular complexity index is 1080. The normalized spacial score (nSPS) is 12.0. The lowest BCUT2D eigenvalue weighted by atomic mass is 10.0. The molecule has 0 aliphatic carbocycles. The van der Waals surface area contributed by atoms with Crippen molar-refractivity contribution in [1.82, 2.24) is 10.6 Å². The van der Waals surface area contributed by atoms with E-state index >= 15 is 0 Å². The summed E-state index contributed by atoms with van der Waals surface area (Å²) in [5.74, 6) is -2.85. The Balaban J connectivity index is 2.10. The van der Waals surface area contributed by atoms with Gasteiger partial charge in [-0.05, 0) is 36.1 Å². The lowest BCUT2D eigenvalue weighted by Gasteiger charge is -2.21. The molecule has 2 atom stereocenters. The lowest BCUT2D eigenvalue weighted by Crippen LogP contribution is -2.53. The predicted molar refractivity (Wildman–Crippen MR) is 127 cm³/mol. The fraction of sp³-hybridized carbons (Fsp3) is 0.304. The van der Waals surface area contributed by atoms with Crippen molar-refractivity contribution in [2.75, 3.05) is 6.54 Å². The van der Waals surface area contributed by atoms with Crippen LogP contribution in [0.5, 0.6) is 0 Å². The van der Waals surface area contributed by atoms with Crippen molar-refractivity contribution >= 4 is 23.9 Å². The van der Waals surface area contributed by atoms with E-state index in [4.69, 9.17) is 16.2 Å². The van der Waals surface area contributed by atoms with E-state index in [9.17, 15) is 28.9 Å². The molecule has 36 heavy (non-hydrogen) atoms. The molecule has 12 nitrogen and oxygen atoms in total. The van der Waals surface area contributed by atoms with E-state index in [2.05, 4.69) is 15.6 Å². The SMILES string of the molecule is NC(N)=NCCC[C@H](NC(=O)[C@@H](Cc1ccccc1)NC(=O)OCc1ccc(F)cc1)C(=O)[N+](=O)[O-]. The van der Waals surface area contributed by atoms with E-state index in [1.54, 1.807) is 30.3 Å². The van der Waals surface area contributed by atoms with Gasteiger partial charge in [0.1, 0.15) is 23.4 Å². The predicted octanol–water partition coefficient (Wildman–Crippen LogP) is 1.00. The summed E-state index contributed by atoms with van der Waals surface area (Å²) in [6.07, 6.45) is -0.847. The minimum atomic E-state index is -1.46. The summed E-state index contributed by atoms with van der Waals surface area (Å²) in [5, 5.41) is 15.8. The second kappa shape index (κ2) is 14.0. The Morgan fingerprint density at radius 1 is 1.00 bits per heavy atom. The molecule has 0 unspecified atom stereocenters. The molecule has 13 heteroatoms. The maximum atomic E-state index is 13.0. The second-order valence-corrected chi connectivity index (χ2v) is 7.69. The van der Waals surface area contributed by atoms with Gasteiger partial charge in [0.15, 0.2) is 12.0 Å². The summed E-state index contributed by atoms with van der Waals surface area (Å²) in [4.78, 5) is 51.1. The van der Waals surface area contributed by atoms with E-state index in [0.717, 1.165) is 0 Å². The third kappa shape index (κ3) is 9.75. The number of aliphatic imine (C=N–C) groups is 1. The van der Waals surface area contributed by atoms with Crippen molar-refractivity contribution in [3.63, 3.8) is 0 Å². The molecular weight excluding hydrogens is 475 g/mol. The zero-order chi connectivity index (χ0) is 26.5. The second-order valence-electron chi connectivity index (χ2n) is 7.69. The molecular formula is C23H27FN6O6. The highest BCUT2D eigenvalue weighted by Crippen LogP contribution is 2.08. The first-order valence-electron chi connectivity index (χ1n) is 10.9. The molecule has 0 aromatic heterocycles. The van der Waals surface area contributed by atoms with Gasteiger partial charge in [-0.25, -0.2) is 14.0 Å². The van der Waals surface area contributed by atoms with Gasteiger partial charge in [0.25, 0.3) is 0 Å². The standard InChI is InChI=1S/C23H27FN6O6/c24-17-10-8-16(9-11-17)14-36-23(33)29-19(13-15-5-2-1-3-6-15)20(31)28-18(21(32)30(34)35)7-4-12-27-22(25)26/h1-3,5-6,8-11,18-19H,4,7,12-14H2,(H,28,31)(H,29,33)(H4,25,26,27)/t18-,19+/m0/s1. The first-order chi connectivity index (χ1) is 17.2. The van der Waals surface area contributed by atoms with Crippen LogP contribution >= 0.6 is 0 Å². The summed E-state index contributed by atoms with van der Waals surface area (Å²) in [7, 11) is 0. The van der Waals surface area contributed by atoms with Crippen LogP contribution in [-0.4, -0.2) is 47.4 Å². The van der Waals surface area contributed by atoms with Crippen molar-refractivity contribution in [2.24, 2.45) is 16.5 Å². The number of nitrogens with two attached hydrogens (primary N) is 2. The Morgan fingerprint density at radius 3 is 2.28 bits per heavy atom. The van der Waals surface area contributed by atoms with Gasteiger partial charge in [-0.2, -0.15) is 0 Å². The molecule has 2 rings (SSSR count). The first kappa shape index (κ1) is 27.7. The molecule has 0 fully saturated rings. The largest absolute Gasteiger partial charge is 0.466 e. The lowest BCUT2D eigenvalue weighted by molar-refractivity contribution is -0.404. The van der Waals surface area contributed by atoms with Crippen LogP contribution < -0.4 is 22.1 Å². The molecule has 192 valence electrons. The summed E-state index contributed by atoms with van der Waals surface area (Å²) in [6.45, 7) is -0.0832. The zero-order valence-electron chi connectivity index (χ0n) is 19.3. The van der Waals surface area contributed by atoms with Gasteiger partial charge >= 0.3 is 12.0 Å². The van der Waals surface area contributed by atoms with Crippen molar-refractivity contribution < 1.29 is 28.4 Å². The van der Waals surface area contributed by atoms with Gasteiger partial charge in [0.05, 0.1) is 0 Å². The molecule has 0 heterocycles. The quantitative estimate of drug-likeness (QED) is 0.109. The number of guanidine groups is 1. The Labute approximate surface area is 206 Å². The molecule has 0 saturated heterocycles. The minimum absolute atomic E-state index is 0.0195. The topological polar surface area (TPSA) is 192 Å². The van der Waals surface area contributed by atoms with E-state index in [-0.39, 0.29) is 38.4 Å². The molecule has 6 N–H and O–H groups in total. The zero-order valence-corrected chi connectivity index (χ0v) is 19.3. The Kier molecular flexibility index (Phi) is 10.8. The summed E-state index contributed by atoms with van der Waals surface area (Å²) < 4.78 is 18.2. The average Bonchev–Trinajstić information content (AvgIpc) is 2.85. The highest BCUT2D eigenvalue weighted by molar-refractivity contribution is 5.89. The molecule has 3 amide bonds. The number of carbonyl (C=O) groups is 3. The van der Waals surface area contributed by atoms with Gasteiger partial charge in [-0.1, -0.05) is 42.5 Å². The van der Waals surface area contributed by atoms with Gasteiger partial charge in [-0.3, -0.25) is 19.9 Å². The van der Waals surface area contributed by atoms with E-state index in [0.29, 0.717) is 11.1 Å². The number of nitrogens with one attached hydrogen (secondary N) is 2. The molecule has 2 aromatic rings. The highest BCUT2D eigenvalue weighted by Gasteiger charge is 2.33. The number of amides is 3. The van der Waals surface area contributed by atoms with E-state index < -0.39 is 40.7 Å². The van der Waals surface area contributed by atoms with E-state index in [1.807, 2.05) is 0 Å². The number of benzene rings is 2. The number of halogens is 1. The van der Waals surface area contributed by atoms with Crippen LogP contribution in [0.15, 0.2) is 59.6 Å². The van der Waals surface area contributed by atoms with E-state index in [1.165, 1.54) is 24.3 Å². The van der Waals surface area contributed by atoms with Gasteiger partial charge in [0, 0.05) is 13.0 Å².